The first-order chi connectivity index (χ1) is 16.5. The van der Waals surface area contributed by atoms with E-state index in [0.29, 0.717) is 0 Å². The van der Waals surface area contributed by atoms with Gasteiger partial charge in [0.2, 0.25) is 11.5 Å². The summed E-state index contributed by atoms with van der Waals surface area (Å²) < 4.78 is 15.0. The molecule has 3 N–H and O–H groups in total. The van der Waals surface area contributed by atoms with Gasteiger partial charge in [0, 0.05) is 19.6 Å². The van der Waals surface area contributed by atoms with Gasteiger partial charge in [0.05, 0.1) is 12.5 Å². The molecule has 1 atom stereocenters. The molecular weight excluding hydrogens is 444 g/mol. The normalized spacial score (nSPS) is 13.0. The summed E-state index contributed by atoms with van der Waals surface area (Å²) in [6.07, 6.45) is -1.86. The molecule has 1 aromatic heterocycles. The summed E-state index contributed by atoms with van der Waals surface area (Å²) in [4.78, 5) is 35.6. The van der Waals surface area contributed by atoms with Gasteiger partial charge >= 0.3 is 12.1 Å². The highest BCUT2D eigenvalue weighted by Crippen LogP contribution is 2.44. The van der Waals surface area contributed by atoms with Gasteiger partial charge in [-0.2, -0.15) is 0 Å². The van der Waals surface area contributed by atoms with Crippen molar-refractivity contribution in [3.63, 3.8) is 0 Å². The maximum atomic E-state index is 12.4. The number of carboxylic acids is 1. The highest BCUT2D eigenvalue weighted by atomic mass is 16.6. The molecule has 2 aromatic carbocycles. The average molecular weight is 466 g/mol. The summed E-state index contributed by atoms with van der Waals surface area (Å²) in [5, 5.41) is 20.7. The van der Waals surface area contributed by atoms with Crippen LogP contribution in [-0.4, -0.2) is 59.8 Å². The van der Waals surface area contributed by atoms with Crippen molar-refractivity contribution in [2.24, 2.45) is 0 Å². The maximum Gasteiger partial charge on any atom is 0.412 e. The molecule has 34 heavy (non-hydrogen) atoms. The van der Waals surface area contributed by atoms with Crippen molar-refractivity contribution in [2.75, 3.05) is 25.6 Å². The Labute approximate surface area is 194 Å². The number of carbonyl (C=O) groups is 3. The number of ether oxygens (including phenoxy) is 2. The Hall–Kier alpha value is -4.25. The number of anilines is 1. The Kier molecular flexibility index (Phi) is 6.83. The molecule has 3 aromatic rings. The topological polar surface area (TPSA) is 153 Å². The lowest BCUT2D eigenvalue weighted by molar-refractivity contribution is -0.139. The third kappa shape index (κ3) is 4.89. The predicted octanol–water partition coefficient (Wildman–Crippen LogP) is 2.65. The predicted molar refractivity (Wildman–Crippen MR) is 118 cm³/mol. The molecule has 1 aliphatic carbocycles. The summed E-state index contributed by atoms with van der Waals surface area (Å²) in [6.45, 7) is -0.00372. The number of carbonyl (C=O) groups excluding carboxylic acids is 2. The summed E-state index contributed by atoms with van der Waals surface area (Å²) in [5.41, 5.74) is 4.05. The fraction of sp³-hybridized carbons (Fsp3) is 0.261. The lowest BCUT2D eigenvalue weighted by Crippen LogP contribution is -2.35. The van der Waals surface area contributed by atoms with Crippen molar-refractivity contribution in [3.8, 4) is 11.1 Å². The van der Waals surface area contributed by atoms with Crippen LogP contribution in [-0.2, 0) is 14.3 Å². The summed E-state index contributed by atoms with van der Waals surface area (Å²) in [7, 11) is 1.33. The minimum absolute atomic E-state index is 0.0807. The minimum atomic E-state index is -1.07. The van der Waals surface area contributed by atoms with Gasteiger partial charge in [0.1, 0.15) is 6.61 Å². The number of amides is 2. The first-order valence-electron chi connectivity index (χ1n) is 10.4. The van der Waals surface area contributed by atoms with Crippen LogP contribution in [0.4, 0.5) is 10.6 Å². The molecule has 0 aliphatic heterocycles. The molecule has 1 aliphatic rings. The quantitative estimate of drug-likeness (QED) is 0.432. The van der Waals surface area contributed by atoms with Crippen LogP contribution in [0.3, 0.4) is 0 Å². The van der Waals surface area contributed by atoms with E-state index in [-0.39, 0.29) is 37.0 Å². The van der Waals surface area contributed by atoms with Crippen LogP contribution in [0.15, 0.2) is 53.2 Å². The van der Waals surface area contributed by atoms with Crippen LogP contribution in [0.2, 0.25) is 0 Å². The van der Waals surface area contributed by atoms with Gasteiger partial charge in [-0.05, 0) is 32.6 Å². The number of nitrogens with zero attached hydrogens (tertiary/aromatic N) is 2. The minimum Gasteiger partial charge on any atom is -0.481 e. The van der Waals surface area contributed by atoms with Crippen LogP contribution in [0, 0.1) is 0 Å². The van der Waals surface area contributed by atoms with Crippen molar-refractivity contribution in [1.29, 1.82) is 0 Å². The van der Waals surface area contributed by atoms with E-state index in [0.717, 1.165) is 22.3 Å². The monoisotopic (exact) mass is 466 g/mol. The molecule has 2 amide bonds. The van der Waals surface area contributed by atoms with E-state index in [2.05, 4.69) is 25.6 Å². The standard InChI is InChI=1S/C23H22N4O7/c1-32-13(10-19(28)29)11-24-22(30)20-21(27-34-26-20)25-23(31)33-12-18-16-8-4-2-6-14(16)15-7-3-5-9-17(15)18/h2-9,13,18H,10-12H2,1H3,(H,24,30)(H,28,29)(H,25,27,31). The second-order valence-corrected chi connectivity index (χ2v) is 7.58. The van der Waals surface area contributed by atoms with Crippen molar-refractivity contribution in [3.05, 3.63) is 65.4 Å². The lowest BCUT2D eigenvalue weighted by Gasteiger charge is -2.14. The molecule has 11 heteroatoms. The average Bonchev–Trinajstić information content (AvgIpc) is 3.42. The van der Waals surface area contributed by atoms with Gasteiger partial charge in [0.25, 0.3) is 5.91 Å². The number of rotatable bonds is 9. The van der Waals surface area contributed by atoms with Crippen molar-refractivity contribution in [1.82, 2.24) is 15.6 Å². The lowest BCUT2D eigenvalue weighted by atomic mass is 9.98. The number of fused-ring (bicyclic) bond motifs is 3. The van der Waals surface area contributed by atoms with Gasteiger partial charge in [-0.3, -0.25) is 14.9 Å². The van der Waals surface area contributed by atoms with Crippen LogP contribution < -0.4 is 10.6 Å². The summed E-state index contributed by atoms with van der Waals surface area (Å²) in [5.74, 6) is -2.14. The van der Waals surface area contributed by atoms with E-state index in [1.807, 2.05) is 48.5 Å². The van der Waals surface area contributed by atoms with Crippen LogP contribution in [0.1, 0.15) is 34.0 Å². The molecule has 0 radical (unpaired) electrons. The molecule has 176 valence electrons. The highest BCUT2D eigenvalue weighted by Gasteiger charge is 2.29. The molecule has 0 saturated carbocycles. The van der Waals surface area contributed by atoms with Crippen molar-refractivity contribution < 1.29 is 33.6 Å². The Morgan fingerprint density at radius 3 is 2.32 bits per heavy atom. The molecule has 11 nitrogen and oxygen atoms in total. The third-order valence-electron chi connectivity index (χ3n) is 5.49. The highest BCUT2D eigenvalue weighted by molar-refractivity contribution is 5.99. The molecule has 0 fully saturated rings. The number of aliphatic carboxylic acids is 1. The van der Waals surface area contributed by atoms with Crippen molar-refractivity contribution in [2.45, 2.75) is 18.4 Å². The van der Waals surface area contributed by atoms with E-state index in [4.69, 9.17) is 14.6 Å². The molecule has 1 unspecified atom stereocenters. The van der Waals surface area contributed by atoms with E-state index in [1.165, 1.54) is 7.11 Å². The second-order valence-electron chi connectivity index (χ2n) is 7.58. The first-order valence-corrected chi connectivity index (χ1v) is 10.4. The number of nitrogens with one attached hydrogen (secondary N) is 2. The Morgan fingerprint density at radius 1 is 1.06 bits per heavy atom. The van der Waals surface area contributed by atoms with Crippen molar-refractivity contribution >= 4 is 23.8 Å². The maximum absolute atomic E-state index is 12.4. The molecular formula is C23H22N4O7. The van der Waals surface area contributed by atoms with E-state index >= 15 is 0 Å². The van der Waals surface area contributed by atoms with Gasteiger partial charge in [0.15, 0.2) is 0 Å². The third-order valence-corrected chi connectivity index (χ3v) is 5.49. The fourth-order valence-electron chi connectivity index (χ4n) is 3.87. The van der Waals surface area contributed by atoms with E-state index in [9.17, 15) is 14.4 Å². The Morgan fingerprint density at radius 2 is 1.71 bits per heavy atom. The second kappa shape index (κ2) is 10.1. The number of hydrogen-bond acceptors (Lipinski definition) is 8. The van der Waals surface area contributed by atoms with Crippen LogP contribution in [0.25, 0.3) is 11.1 Å². The van der Waals surface area contributed by atoms with Gasteiger partial charge in [-0.25, -0.2) is 9.42 Å². The van der Waals surface area contributed by atoms with Gasteiger partial charge in [-0.1, -0.05) is 48.5 Å². The van der Waals surface area contributed by atoms with Crippen LogP contribution in [0.5, 0.6) is 0 Å². The Bertz CT molecular complexity index is 1160. The zero-order chi connectivity index (χ0) is 24.1. The largest absolute Gasteiger partial charge is 0.481 e. The Balaban J connectivity index is 1.37. The number of methoxy groups -OCH3 is 1. The van der Waals surface area contributed by atoms with E-state index < -0.39 is 24.1 Å². The fourth-order valence-corrected chi connectivity index (χ4v) is 3.87. The molecule has 1 heterocycles. The summed E-state index contributed by atoms with van der Waals surface area (Å²) in [6, 6.07) is 15.9. The zero-order valence-corrected chi connectivity index (χ0v) is 18.2. The number of carboxylic acid groups (broad SMARTS) is 1. The van der Waals surface area contributed by atoms with Gasteiger partial charge in [-0.15, -0.1) is 0 Å². The number of benzene rings is 2. The smallest absolute Gasteiger partial charge is 0.412 e. The summed E-state index contributed by atoms with van der Waals surface area (Å²) >= 11 is 0. The number of aromatic nitrogens is 2. The van der Waals surface area contributed by atoms with E-state index in [1.54, 1.807) is 0 Å². The first kappa shape index (κ1) is 22.9. The van der Waals surface area contributed by atoms with Crippen LogP contribution >= 0.6 is 0 Å². The molecule has 0 saturated heterocycles. The zero-order valence-electron chi connectivity index (χ0n) is 18.2. The molecule has 0 spiro atoms. The number of hydrogen-bond donors (Lipinski definition) is 3. The molecule has 4 rings (SSSR count). The SMILES string of the molecule is COC(CNC(=O)c1nonc1NC(=O)OCC1c2ccccc2-c2ccccc21)CC(=O)O. The molecule has 0 bridgehead atoms. The van der Waals surface area contributed by atoms with Gasteiger partial charge < -0.3 is 19.9 Å².